The summed E-state index contributed by atoms with van der Waals surface area (Å²) in [6.45, 7) is 3.78. The van der Waals surface area contributed by atoms with Crippen molar-refractivity contribution in [3.05, 3.63) is 16.4 Å². The number of hydrogen-bond donors (Lipinski definition) is 1. The molecule has 0 bridgehead atoms. The molecule has 1 N–H and O–H groups in total. The maximum absolute atomic E-state index is 11.4. The van der Waals surface area contributed by atoms with Crippen LogP contribution in [0.5, 0.6) is 0 Å². The molecule has 8 heteroatoms. The van der Waals surface area contributed by atoms with Crippen LogP contribution in [0.25, 0.3) is 0 Å². The van der Waals surface area contributed by atoms with Gasteiger partial charge < -0.3 is 4.90 Å². The van der Waals surface area contributed by atoms with E-state index in [-0.39, 0.29) is 11.5 Å². The minimum atomic E-state index is -0.417. The summed E-state index contributed by atoms with van der Waals surface area (Å²) in [7, 11) is 3.52. The molecule has 1 saturated heterocycles. The summed E-state index contributed by atoms with van der Waals surface area (Å²) in [4.78, 5) is 21.0. The lowest BCUT2D eigenvalue weighted by atomic mass is 9.99. The van der Waals surface area contributed by atoms with E-state index in [1.54, 1.807) is 19.1 Å². The minimum absolute atomic E-state index is 0.0595. The molecule has 2 heterocycles. The topological polar surface area (TPSA) is 87.4 Å². The number of piperidine rings is 1. The van der Waals surface area contributed by atoms with Crippen molar-refractivity contribution < 1.29 is 4.92 Å². The fraction of sp³-hybridized carbons (Fsp3) is 0.667. The van der Waals surface area contributed by atoms with E-state index in [2.05, 4.69) is 22.3 Å². The Morgan fingerprint density at radius 3 is 2.60 bits per heavy atom. The predicted molar refractivity (Wildman–Crippen MR) is 76.6 cm³/mol. The molecule has 1 fully saturated rings. The monoisotopic (exact) mass is 280 g/mol. The molecule has 1 aliphatic heterocycles. The molecular formula is C12H20N6O2. The number of nitrogens with one attached hydrogen (secondary N) is 1. The molecule has 0 aromatic carbocycles. The summed E-state index contributed by atoms with van der Waals surface area (Å²) >= 11 is 0. The van der Waals surface area contributed by atoms with E-state index in [1.807, 2.05) is 4.90 Å². The lowest BCUT2D eigenvalue weighted by Gasteiger charge is -2.30. The van der Waals surface area contributed by atoms with Crippen LogP contribution in [-0.4, -0.2) is 47.1 Å². The molecule has 0 amide bonds. The Labute approximate surface area is 117 Å². The van der Waals surface area contributed by atoms with Gasteiger partial charge in [-0.05, 0) is 18.8 Å². The van der Waals surface area contributed by atoms with Crippen LogP contribution in [0.15, 0.2) is 6.33 Å². The van der Waals surface area contributed by atoms with Crippen LogP contribution in [0, 0.1) is 16.0 Å². The van der Waals surface area contributed by atoms with E-state index < -0.39 is 4.92 Å². The second-order valence-corrected chi connectivity index (χ2v) is 5.33. The Kier molecular flexibility index (Phi) is 4.33. The third-order valence-corrected chi connectivity index (χ3v) is 3.40. The summed E-state index contributed by atoms with van der Waals surface area (Å²) in [5.41, 5.74) is 2.80. The van der Waals surface area contributed by atoms with Crippen molar-refractivity contribution in [2.75, 3.05) is 37.5 Å². The quantitative estimate of drug-likeness (QED) is 0.660. The van der Waals surface area contributed by atoms with E-state index in [4.69, 9.17) is 0 Å². The van der Waals surface area contributed by atoms with Gasteiger partial charge in [-0.3, -0.25) is 15.5 Å². The maximum atomic E-state index is 11.4. The smallest absolute Gasteiger partial charge is 0.351 e. The minimum Gasteiger partial charge on any atom is -0.351 e. The van der Waals surface area contributed by atoms with E-state index in [0.29, 0.717) is 11.7 Å². The molecule has 0 unspecified atom stereocenters. The van der Waals surface area contributed by atoms with Crippen molar-refractivity contribution in [1.82, 2.24) is 15.0 Å². The number of anilines is 2. The fourth-order valence-corrected chi connectivity index (χ4v) is 2.28. The Morgan fingerprint density at radius 2 is 2.05 bits per heavy atom. The van der Waals surface area contributed by atoms with Crippen LogP contribution in [-0.2, 0) is 0 Å². The van der Waals surface area contributed by atoms with Gasteiger partial charge in [0.1, 0.15) is 6.33 Å². The first kappa shape index (κ1) is 14.4. The highest BCUT2D eigenvalue weighted by Crippen LogP contribution is 2.33. The first-order valence-electron chi connectivity index (χ1n) is 6.67. The number of nitrogens with zero attached hydrogens (tertiary/aromatic N) is 5. The highest BCUT2D eigenvalue weighted by atomic mass is 16.6. The first-order valence-corrected chi connectivity index (χ1v) is 6.67. The van der Waals surface area contributed by atoms with E-state index in [1.165, 1.54) is 6.33 Å². The Hall–Kier alpha value is -1.96. The van der Waals surface area contributed by atoms with Crippen LogP contribution in [0.4, 0.5) is 17.3 Å². The van der Waals surface area contributed by atoms with Gasteiger partial charge >= 0.3 is 5.69 Å². The van der Waals surface area contributed by atoms with Crippen molar-refractivity contribution in [2.24, 2.45) is 5.92 Å². The average Bonchev–Trinajstić information content (AvgIpc) is 2.38. The van der Waals surface area contributed by atoms with Crippen LogP contribution < -0.4 is 10.3 Å². The summed E-state index contributed by atoms with van der Waals surface area (Å²) in [5, 5.41) is 13.0. The van der Waals surface area contributed by atoms with Gasteiger partial charge in [-0.25, -0.2) is 15.0 Å². The zero-order valence-corrected chi connectivity index (χ0v) is 12.0. The predicted octanol–water partition coefficient (Wildman–Crippen LogP) is 1.51. The van der Waals surface area contributed by atoms with Crippen molar-refractivity contribution in [3.63, 3.8) is 0 Å². The van der Waals surface area contributed by atoms with Gasteiger partial charge in [-0.15, -0.1) is 0 Å². The summed E-state index contributed by atoms with van der Waals surface area (Å²) in [5.74, 6) is 1.29. The lowest BCUT2D eigenvalue weighted by molar-refractivity contribution is -0.383. The van der Waals surface area contributed by atoms with E-state index in [0.717, 1.165) is 25.9 Å². The number of nitro groups is 1. The van der Waals surface area contributed by atoms with Gasteiger partial charge in [0.25, 0.3) is 0 Å². The Balaban J connectivity index is 2.34. The molecule has 0 atom stereocenters. The second kappa shape index (κ2) is 6.00. The van der Waals surface area contributed by atoms with E-state index >= 15 is 0 Å². The molecule has 2 rings (SSSR count). The van der Waals surface area contributed by atoms with Crippen LogP contribution in [0.3, 0.4) is 0 Å². The van der Waals surface area contributed by atoms with Gasteiger partial charge in [0.15, 0.2) is 0 Å². The van der Waals surface area contributed by atoms with Crippen molar-refractivity contribution in [1.29, 1.82) is 0 Å². The molecule has 1 aromatic rings. The lowest BCUT2D eigenvalue weighted by Crippen LogP contribution is -2.34. The number of hydrogen-bond acceptors (Lipinski definition) is 7. The highest BCUT2D eigenvalue weighted by Gasteiger charge is 2.29. The van der Waals surface area contributed by atoms with Crippen molar-refractivity contribution in [2.45, 2.75) is 19.8 Å². The highest BCUT2D eigenvalue weighted by molar-refractivity contribution is 5.70. The van der Waals surface area contributed by atoms with Crippen LogP contribution in [0.1, 0.15) is 19.8 Å². The summed E-state index contributed by atoms with van der Waals surface area (Å²) in [6.07, 6.45) is 3.42. The van der Waals surface area contributed by atoms with Gasteiger partial charge in [-0.1, -0.05) is 6.92 Å². The SMILES string of the molecule is CC1CCN(c2ncnc(NN(C)C)c2[N+](=O)[O-])CC1. The average molecular weight is 280 g/mol. The largest absolute Gasteiger partial charge is 0.354 e. The fourth-order valence-electron chi connectivity index (χ4n) is 2.28. The normalized spacial score (nSPS) is 16.5. The van der Waals surface area contributed by atoms with Crippen LogP contribution >= 0.6 is 0 Å². The number of rotatable bonds is 4. The number of hydrazine groups is 1. The van der Waals surface area contributed by atoms with E-state index in [9.17, 15) is 10.1 Å². The molecule has 0 radical (unpaired) electrons. The Bertz CT molecular complexity index is 485. The zero-order chi connectivity index (χ0) is 14.7. The van der Waals surface area contributed by atoms with Gasteiger partial charge in [0.05, 0.1) is 4.92 Å². The van der Waals surface area contributed by atoms with Gasteiger partial charge in [0, 0.05) is 27.2 Å². The standard InChI is InChI=1S/C12H20N6O2/c1-9-4-6-17(7-5-9)12-10(18(19)20)11(13-8-14-12)15-16(2)3/h8-9H,4-7H2,1-3H3,(H,13,14,15). The third kappa shape index (κ3) is 3.13. The van der Waals surface area contributed by atoms with Crippen molar-refractivity contribution >= 4 is 17.3 Å². The molecule has 8 nitrogen and oxygen atoms in total. The Morgan fingerprint density at radius 1 is 1.40 bits per heavy atom. The third-order valence-electron chi connectivity index (χ3n) is 3.40. The second-order valence-electron chi connectivity index (χ2n) is 5.33. The molecule has 110 valence electrons. The first-order chi connectivity index (χ1) is 9.49. The van der Waals surface area contributed by atoms with Crippen molar-refractivity contribution in [3.8, 4) is 0 Å². The molecule has 0 spiro atoms. The molecule has 0 saturated carbocycles. The molecular weight excluding hydrogens is 260 g/mol. The maximum Gasteiger partial charge on any atom is 0.354 e. The molecule has 1 aromatic heterocycles. The number of aromatic nitrogens is 2. The molecule has 1 aliphatic rings. The molecule has 0 aliphatic carbocycles. The summed E-state index contributed by atoms with van der Waals surface area (Å²) in [6, 6.07) is 0. The summed E-state index contributed by atoms with van der Waals surface area (Å²) < 4.78 is 0. The zero-order valence-electron chi connectivity index (χ0n) is 12.0. The van der Waals surface area contributed by atoms with Crippen LogP contribution in [0.2, 0.25) is 0 Å². The van der Waals surface area contributed by atoms with Gasteiger partial charge in [0.2, 0.25) is 11.6 Å². The van der Waals surface area contributed by atoms with Gasteiger partial charge in [-0.2, -0.15) is 0 Å². The molecule has 20 heavy (non-hydrogen) atoms.